The number of benzene rings is 2. The molecule has 2 aromatic rings. The van der Waals surface area contributed by atoms with Crippen LogP contribution in [-0.4, -0.2) is 18.2 Å². The van der Waals surface area contributed by atoms with E-state index in [1.807, 2.05) is 0 Å². The number of halogens is 4. The molecule has 1 atom stereocenters. The van der Waals surface area contributed by atoms with E-state index in [-0.39, 0.29) is 16.4 Å². The van der Waals surface area contributed by atoms with Crippen molar-refractivity contribution < 1.29 is 27.1 Å². The van der Waals surface area contributed by atoms with Gasteiger partial charge in [0, 0.05) is 11.4 Å². The Kier molecular flexibility index (Phi) is 5.61. The molecule has 0 bridgehead atoms. The van der Waals surface area contributed by atoms with E-state index in [0.29, 0.717) is 11.3 Å². The first-order valence-electron chi connectivity index (χ1n) is 8.46. The summed E-state index contributed by atoms with van der Waals surface area (Å²) in [5, 5.41) is 3.05. The smallest absolute Gasteiger partial charge is 0.416 e. The van der Waals surface area contributed by atoms with Crippen molar-refractivity contribution in [3.05, 3.63) is 76.7 Å². The van der Waals surface area contributed by atoms with Crippen LogP contribution in [0.5, 0.6) is 0 Å². The highest BCUT2D eigenvalue weighted by Crippen LogP contribution is 2.37. The molecule has 9 heteroatoms. The number of alkyl halides is 3. The molecule has 0 saturated carbocycles. The van der Waals surface area contributed by atoms with Gasteiger partial charge < -0.3 is 10.1 Å². The van der Waals surface area contributed by atoms with E-state index in [1.165, 1.54) is 48.4 Å². The molecular weight excluding hydrogens is 408 g/mol. The number of rotatable bonds is 3. The topological polar surface area (TPSA) is 41.6 Å². The lowest BCUT2D eigenvalue weighted by Gasteiger charge is -2.37. The van der Waals surface area contributed by atoms with E-state index < -0.39 is 29.6 Å². The van der Waals surface area contributed by atoms with Crippen molar-refractivity contribution in [2.45, 2.75) is 19.1 Å². The number of hydrogen-bond donors (Lipinski definition) is 1. The van der Waals surface area contributed by atoms with E-state index >= 15 is 0 Å². The average molecular weight is 424 g/mol. The van der Waals surface area contributed by atoms with Gasteiger partial charge in [0.25, 0.3) is 0 Å². The Morgan fingerprint density at radius 2 is 1.83 bits per heavy atom. The van der Waals surface area contributed by atoms with Gasteiger partial charge >= 0.3 is 12.1 Å². The minimum absolute atomic E-state index is 0.101. The maximum atomic E-state index is 13.3. The minimum atomic E-state index is -4.53. The summed E-state index contributed by atoms with van der Waals surface area (Å²) in [7, 11) is 1.20. The van der Waals surface area contributed by atoms with E-state index in [4.69, 9.17) is 17.0 Å². The van der Waals surface area contributed by atoms with E-state index in [1.54, 1.807) is 6.92 Å². The summed E-state index contributed by atoms with van der Waals surface area (Å²) >= 11 is 5.37. The van der Waals surface area contributed by atoms with Gasteiger partial charge in [-0.1, -0.05) is 18.2 Å². The molecule has 1 unspecified atom stereocenters. The third-order valence-electron chi connectivity index (χ3n) is 4.53. The first kappa shape index (κ1) is 20.8. The Morgan fingerprint density at radius 3 is 2.41 bits per heavy atom. The lowest BCUT2D eigenvalue weighted by Crippen LogP contribution is -2.48. The van der Waals surface area contributed by atoms with Crippen molar-refractivity contribution in [3.63, 3.8) is 0 Å². The average Bonchev–Trinajstić information content (AvgIpc) is 2.67. The van der Waals surface area contributed by atoms with Crippen LogP contribution in [0, 0.1) is 5.82 Å². The standard InChI is InChI=1S/C20H16F4N2O2S/c1-11-16(18(27)28-2)17(12-6-8-14(21)9-7-12)25-19(29)26(11)15-5-3-4-13(10-15)20(22,23)24/h3-10,17H,1-2H3,(H,25,29). The Morgan fingerprint density at radius 1 is 1.17 bits per heavy atom. The molecule has 3 rings (SSSR count). The molecule has 1 aliphatic heterocycles. The Balaban J connectivity index is 2.13. The molecule has 2 aromatic carbocycles. The van der Waals surface area contributed by atoms with E-state index in [0.717, 1.165) is 12.1 Å². The zero-order valence-corrected chi connectivity index (χ0v) is 16.2. The maximum absolute atomic E-state index is 13.3. The van der Waals surface area contributed by atoms with Gasteiger partial charge in [-0.15, -0.1) is 0 Å². The number of methoxy groups -OCH3 is 1. The first-order chi connectivity index (χ1) is 13.6. The summed E-state index contributed by atoms with van der Waals surface area (Å²) in [6.45, 7) is 1.57. The van der Waals surface area contributed by atoms with Crippen LogP contribution < -0.4 is 10.2 Å². The van der Waals surface area contributed by atoms with E-state index in [9.17, 15) is 22.4 Å². The van der Waals surface area contributed by atoms with Crippen LogP contribution in [0.4, 0.5) is 23.2 Å². The Labute approximate surface area is 169 Å². The van der Waals surface area contributed by atoms with Gasteiger partial charge in [-0.25, -0.2) is 9.18 Å². The highest BCUT2D eigenvalue weighted by Gasteiger charge is 2.36. The number of ether oxygens (including phenoxy) is 1. The van der Waals surface area contributed by atoms with Gasteiger partial charge in [0.2, 0.25) is 0 Å². The number of nitrogens with one attached hydrogen (secondary N) is 1. The van der Waals surface area contributed by atoms with Crippen molar-refractivity contribution >= 4 is 29.0 Å². The second-order valence-corrected chi connectivity index (χ2v) is 6.69. The summed E-state index contributed by atoms with van der Waals surface area (Å²) < 4.78 is 57.5. The fraction of sp³-hybridized carbons (Fsp3) is 0.200. The van der Waals surface area contributed by atoms with Crippen LogP contribution >= 0.6 is 12.2 Å². The Bertz CT molecular complexity index is 987. The number of anilines is 1. The molecule has 0 spiro atoms. The van der Waals surface area contributed by atoms with Crippen LogP contribution in [0.15, 0.2) is 59.8 Å². The number of thiocarbonyl (C=S) groups is 1. The summed E-state index contributed by atoms with van der Waals surface area (Å²) in [5.74, 6) is -1.12. The molecular formula is C20H16F4N2O2S. The molecule has 1 aliphatic rings. The summed E-state index contributed by atoms with van der Waals surface area (Å²) in [6, 6.07) is 9.34. The quantitative estimate of drug-likeness (QED) is 0.439. The number of hydrogen-bond acceptors (Lipinski definition) is 3. The zero-order valence-electron chi connectivity index (χ0n) is 15.4. The number of esters is 1. The van der Waals surface area contributed by atoms with Gasteiger partial charge in [-0.05, 0) is 55.0 Å². The van der Waals surface area contributed by atoms with Crippen LogP contribution in [0.1, 0.15) is 24.1 Å². The van der Waals surface area contributed by atoms with Gasteiger partial charge in [-0.2, -0.15) is 13.2 Å². The van der Waals surface area contributed by atoms with E-state index in [2.05, 4.69) is 5.32 Å². The molecule has 1 heterocycles. The van der Waals surface area contributed by atoms with Crippen LogP contribution in [0.3, 0.4) is 0 Å². The largest absolute Gasteiger partial charge is 0.466 e. The molecule has 0 aromatic heterocycles. The lowest BCUT2D eigenvalue weighted by atomic mass is 9.94. The highest BCUT2D eigenvalue weighted by atomic mass is 32.1. The number of nitrogens with zero attached hydrogens (tertiary/aromatic N) is 1. The minimum Gasteiger partial charge on any atom is -0.466 e. The lowest BCUT2D eigenvalue weighted by molar-refractivity contribution is -0.138. The summed E-state index contributed by atoms with van der Waals surface area (Å²) in [6.07, 6.45) is -4.53. The second kappa shape index (κ2) is 7.82. The summed E-state index contributed by atoms with van der Waals surface area (Å²) in [5.41, 5.74) is 0.330. The van der Waals surface area contributed by atoms with Crippen molar-refractivity contribution in [3.8, 4) is 0 Å². The number of allylic oxidation sites excluding steroid dienone is 1. The van der Waals surface area contributed by atoms with Crippen LogP contribution in [0.25, 0.3) is 0 Å². The first-order valence-corrected chi connectivity index (χ1v) is 8.86. The van der Waals surface area contributed by atoms with Gasteiger partial charge in [-0.3, -0.25) is 4.90 Å². The molecule has 29 heavy (non-hydrogen) atoms. The summed E-state index contributed by atoms with van der Waals surface area (Å²) in [4.78, 5) is 13.8. The zero-order chi connectivity index (χ0) is 21.3. The molecule has 0 amide bonds. The molecule has 4 nitrogen and oxygen atoms in total. The van der Waals surface area contributed by atoms with Crippen molar-refractivity contribution in [1.29, 1.82) is 0 Å². The second-order valence-electron chi connectivity index (χ2n) is 6.31. The predicted molar refractivity (Wildman–Crippen MR) is 104 cm³/mol. The SMILES string of the molecule is COC(=O)C1=C(C)N(c2cccc(C(F)(F)F)c2)C(=S)NC1c1ccc(F)cc1. The van der Waals surface area contributed by atoms with Crippen molar-refractivity contribution in [2.75, 3.05) is 12.0 Å². The normalized spacial score (nSPS) is 17.2. The fourth-order valence-corrected chi connectivity index (χ4v) is 3.52. The molecule has 0 fully saturated rings. The van der Waals surface area contributed by atoms with Gasteiger partial charge in [0.15, 0.2) is 5.11 Å². The van der Waals surface area contributed by atoms with Gasteiger partial charge in [0.05, 0.1) is 24.3 Å². The molecule has 0 saturated heterocycles. The monoisotopic (exact) mass is 424 g/mol. The molecule has 1 N–H and O–H groups in total. The molecule has 152 valence electrons. The molecule has 0 radical (unpaired) electrons. The molecule has 0 aliphatic carbocycles. The van der Waals surface area contributed by atoms with Crippen LogP contribution in [-0.2, 0) is 15.7 Å². The maximum Gasteiger partial charge on any atom is 0.416 e. The Hall–Kier alpha value is -2.94. The third kappa shape index (κ3) is 4.09. The fourth-order valence-electron chi connectivity index (χ4n) is 3.15. The highest BCUT2D eigenvalue weighted by molar-refractivity contribution is 7.80. The predicted octanol–water partition coefficient (Wildman–Crippen LogP) is 4.73. The van der Waals surface area contributed by atoms with Gasteiger partial charge in [0.1, 0.15) is 5.82 Å². The van der Waals surface area contributed by atoms with Crippen molar-refractivity contribution in [2.24, 2.45) is 0 Å². The van der Waals surface area contributed by atoms with Crippen molar-refractivity contribution in [1.82, 2.24) is 5.32 Å². The third-order valence-corrected chi connectivity index (χ3v) is 4.83. The van der Waals surface area contributed by atoms with Crippen LogP contribution in [0.2, 0.25) is 0 Å². The number of carbonyl (C=O) groups is 1. The number of carbonyl (C=O) groups excluding carboxylic acids is 1.